The molecule has 5 nitrogen and oxygen atoms in total. The molecule has 4 aromatic rings. The summed E-state index contributed by atoms with van der Waals surface area (Å²) in [4.78, 5) is 12.9. The molecule has 1 unspecified atom stereocenters. The minimum atomic E-state index is -0.0992. The lowest BCUT2D eigenvalue weighted by molar-refractivity contribution is -0.121. The predicted molar refractivity (Wildman–Crippen MR) is 132 cm³/mol. The molecular formula is C28H30N2O3. The number of hydrogen-bond acceptors (Lipinski definition) is 3. The van der Waals surface area contributed by atoms with Crippen molar-refractivity contribution in [1.29, 1.82) is 0 Å². The lowest BCUT2D eigenvalue weighted by Gasteiger charge is -2.18. The molecule has 0 saturated heterocycles. The van der Waals surface area contributed by atoms with Gasteiger partial charge in [0.1, 0.15) is 11.5 Å². The molecule has 5 heteroatoms. The first kappa shape index (κ1) is 22.6. The first-order valence-electron chi connectivity index (χ1n) is 11.3. The second-order valence-corrected chi connectivity index (χ2v) is 8.15. The van der Waals surface area contributed by atoms with Crippen molar-refractivity contribution in [3.8, 4) is 11.5 Å². The highest BCUT2D eigenvalue weighted by molar-refractivity contribution is 5.86. The van der Waals surface area contributed by atoms with Crippen LogP contribution < -0.4 is 10.1 Å². The van der Waals surface area contributed by atoms with Gasteiger partial charge in [-0.25, -0.2) is 0 Å². The van der Waals surface area contributed by atoms with Crippen molar-refractivity contribution in [3.63, 3.8) is 0 Å². The van der Waals surface area contributed by atoms with Crippen LogP contribution in [0.5, 0.6) is 11.5 Å². The number of benzene rings is 3. The zero-order valence-corrected chi connectivity index (χ0v) is 19.2. The van der Waals surface area contributed by atoms with E-state index in [9.17, 15) is 4.79 Å². The Hall–Kier alpha value is -3.57. The van der Waals surface area contributed by atoms with E-state index in [2.05, 4.69) is 34.3 Å². The van der Waals surface area contributed by atoms with Crippen LogP contribution in [0.2, 0.25) is 0 Å². The molecule has 1 atom stereocenters. The largest absolute Gasteiger partial charge is 0.457 e. The molecule has 0 radical (unpaired) electrons. The highest BCUT2D eigenvalue weighted by Crippen LogP contribution is 2.36. The van der Waals surface area contributed by atoms with Crippen LogP contribution >= 0.6 is 0 Å². The Labute approximate surface area is 195 Å². The summed E-state index contributed by atoms with van der Waals surface area (Å²) in [7, 11) is 3.71. The summed E-state index contributed by atoms with van der Waals surface area (Å²) < 4.78 is 13.3. The summed E-state index contributed by atoms with van der Waals surface area (Å²) in [6.45, 7) is 1.23. The zero-order chi connectivity index (χ0) is 23.0. The Balaban J connectivity index is 1.65. The van der Waals surface area contributed by atoms with Crippen molar-refractivity contribution in [3.05, 3.63) is 96.2 Å². The van der Waals surface area contributed by atoms with Crippen molar-refractivity contribution in [2.75, 3.05) is 20.3 Å². The summed E-state index contributed by atoms with van der Waals surface area (Å²) in [6.07, 6.45) is 3.29. The maximum absolute atomic E-state index is 12.9. The van der Waals surface area contributed by atoms with Gasteiger partial charge in [-0.15, -0.1) is 0 Å². The molecule has 0 spiro atoms. The minimum Gasteiger partial charge on any atom is -0.457 e. The van der Waals surface area contributed by atoms with Gasteiger partial charge >= 0.3 is 0 Å². The Kier molecular flexibility index (Phi) is 7.43. The lowest BCUT2D eigenvalue weighted by atomic mass is 9.88. The number of para-hydroxylation sites is 2. The predicted octanol–water partition coefficient (Wildman–Crippen LogP) is 5.65. The molecule has 1 aromatic heterocycles. The minimum absolute atomic E-state index is 0.0263. The fourth-order valence-electron chi connectivity index (χ4n) is 4.18. The molecule has 170 valence electrons. The van der Waals surface area contributed by atoms with Gasteiger partial charge in [0.2, 0.25) is 5.91 Å². The molecule has 1 N–H and O–H groups in total. The van der Waals surface area contributed by atoms with Crippen LogP contribution in [0.1, 0.15) is 29.9 Å². The van der Waals surface area contributed by atoms with Crippen LogP contribution in [0.3, 0.4) is 0 Å². The zero-order valence-electron chi connectivity index (χ0n) is 19.2. The van der Waals surface area contributed by atoms with Gasteiger partial charge in [0.25, 0.3) is 0 Å². The standard InChI is InChI=1S/C28H30N2O3/c1-30-20-26(24-14-6-7-15-27(24)30)25(19-28(31)29-16-9-17-32-2)21-10-8-13-23(18-21)33-22-11-4-3-5-12-22/h3-8,10-15,18,20,25H,9,16-17,19H2,1-2H3,(H,29,31). The Morgan fingerprint density at radius 3 is 2.55 bits per heavy atom. The number of ether oxygens (including phenoxy) is 2. The Morgan fingerprint density at radius 2 is 1.73 bits per heavy atom. The number of fused-ring (bicyclic) bond motifs is 1. The van der Waals surface area contributed by atoms with Crippen molar-refractivity contribution < 1.29 is 14.3 Å². The first-order chi connectivity index (χ1) is 16.2. The molecule has 3 aromatic carbocycles. The molecule has 0 aliphatic rings. The number of carbonyl (C=O) groups excluding carboxylic acids is 1. The maximum Gasteiger partial charge on any atom is 0.220 e. The van der Waals surface area contributed by atoms with E-state index in [0.717, 1.165) is 39.9 Å². The van der Waals surface area contributed by atoms with Crippen LogP contribution in [0.4, 0.5) is 0 Å². The smallest absolute Gasteiger partial charge is 0.220 e. The maximum atomic E-state index is 12.9. The molecule has 0 saturated carbocycles. The van der Waals surface area contributed by atoms with Crippen LogP contribution in [0, 0.1) is 0 Å². The fraction of sp³-hybridized carbons (Fsp3) is 0.250. The van der Waals surface area contributed by atoms with Crippen LogP contribution in [-0.2, 0) is 16.6 Å². The van der Waals surface area contributed by atoms with Gasteiger partial charge in [-0.05, 0) is 47.9 Å². The van der Waals surface area contributed by atoms with E-state index in [-0.39, 0.29) is 11.8 Å². The number of hydrogen-bond donors (Lipinski definition) is 1. The lowest BCUT2D eigenvalue weighted by Crippen LogP contribution is -2.27. The summed E-state index contributed by atoms with van der Waals surface area (Å²) in [5.41, 5.74) is 3.33. The molecule has 0 fully saturated rings. The van der Waals surface area contributed by atoms with Crippen molar-refractivity contribution in [2.24, 2.45) is 7.05 Å². The van der Waals surface area contributed by atoms with E-state index in [1.54, 1.807) is 7.11 Å². The SMILES string of the molecule is COCCCNC(=O)CC(c1cccc(Oc2ccccc2)c1)c1cn(C)c2ccccc12. The van der Waals surface area contributed by atoms with Crippen LogP contribution in [-0.4, -0.2) is 30.7 Å². The molecule has 33 heavy (non-hydrogen) atoms. The number of rotatable bonds is 10. The second kappa shape index (κ2) is 10.8. The van der Waals surface area contributed by atoms with Gasteiger partial charge in [-0.3, -0.25) is 4.79 Å². The third-order valence-corrected chi connectivity index (χ3v) is 5.78. The van der Waals surface area contributed by atoms with Crippen LogP contribution in [0.15, 0.2) is 85.1 Å². The van der Waals surface area contributed by atoms with Gasteiger partial charge < -0.3 is 19.4 Å². The van der Waals surface area contributed by atoms with Gasteiger partial charge in [0, 0.05) is 56.7 Å². The van der Waals surface area contributed by atoms with E-state index in [1.807, 2.05) is 67.7 Å². The number of methoxy groups -OCH3 is 1. The van der Waals surface area contributed by atoms with E-state index in [1.165, 1.54) is 0 Å². The summed E-state index contributed by atoms with van der Waals surface area (Å²) in [6, 6.07) is 26.1. The van der Waals surface area contributed by atoms with E-state index < -0.39 is 0 Å². The van der Waals surface area contributed by atoms with Gasteiger partial charge in [0.15, 0.2) is 0 Å². The topological polar surface area (TPSA) is 52.5 Å². The van der Waals surface area contributed by atoms with Crippen molar-refractivity contribution in [2.45, 2.75) is 18.8 Å². The van der Waals surface area contributed by atoms with Gasteiger partial charge in [0.05, 0.1) is 0 Å². The van der Waals surface area contributed by atoms with E-state index >= 15 is 0 Å². The van der Waals surface area contributed by atoms with Crippen molar-refractivity contribution >= 4 is 16.8 Å². The van der Waals surface area contributed by atoms with Gasteiger partial charge in [-0.2, -0.15) is 0 Å². The molecular weight excluding hydrogens is 412 g/mol. The fourth-order valence-corrected chi connectivity index (χ4v) is 4.18. The monoisotopic (exact) mass is 442 g/mol. The summed E-state index contributed by atoms with van der Waals surface area (Å²) in [5, 5.41) is 4.20. The number of nitrogens with one attached hydrogen (secondary N) is 1. The van der Waals surface area contributed by atoms with Crippen molar-refractivity contribution in [1.82, 2.24) is 9.88 Å². The summed E-state index contributed by atoms with van der Waals surface area (Å²) in [5.74, 6) is 1.47. The highest BCUT2D eigenvalue weighted by atomic mass is 16.5. The number of carbonyl (C=O) groups is 1. The molecule has 0 bridgehead atoms. The summed E-state index contributed by atoms with van der Waals surface area (Å²) >= 11 is 0. The Bertz CT molecular complexity index is 1200. The molecule has 0 aliphatic heterocycles. The second-order valence-electron chi connectivity index (χ2n) is 8.15. The number of aryl methyl sites for hydroxylation is 1. The number of aromatic nitrogens is 1. The van der Waals surface area contributed by atoms with Crippen LogP contribution in [0.25, 0.3) is 10.9 Å². The number of nitrogens with zero attached hydrogens (tertiary/aromatic N) is 1. The third-order valence-electron chi connectivity index (χ3n) is 5.78. The first-order valence-corrected chi connectivity index (χ1v) is 11.3. The third kappa shape index (κ3) is 5.62. The van der Waals surface area contributed by atoms with E-state index in [4.69, 9.17) is 9.47 Å². The Morgan fingerprint density at radius 1 is 0.970 bits per heavy atom. The molecule has 1 amide bonds. The average molecular weight is 443 g/mol. The quantitative estimate of drug-likeness (QED) is 0.323. The van der Waals surface area contributed by atoms with E-state index in [0.29, 0.717) is 19.6 Å². The molecule has 4 rings (SSSR count). The highest BCUT2D eigenvalue weighted by Gasteiger charge is 2.22. The van der Waals surface area contributed by atoms with Gasteiger partial charge in [-0.1, -0.05) is 48.5 Å². The normalized spacial score (nSPS) is 11.9. The molecule has 0 aliphatic carbocycles. The average Bonchev–Trinajstić information content (AvgIpc) is 3.17. The molecule has 1 heterocycles. The number of amides is 1.